The van der Waals surface area contributed by atoms with Crippen LogP contribution in [-0.4, -0.2) is 66.8 Å². The maximum absolute atomic E-state index is 13.7. The van der Waals surface area contributed by atoms with E-state index in [9.17, 15) is 18.8 Å². The molecule has 7 nitrogen and oxygen atoms in total. The van der Waals surface area contributed by atoms with Crippen LogP contribution in [0.15, 0.2) is 42.5 Å². The Morgan fingerprint density at radius 3 is 2.23 bits per heavy atom. The smallest absolute Gasteiger partial charge is 0.254 e. The molecule has 1 saturated heterocycles. The summed E-state index contributed by atoms with van der Waals surface area (Å²) in [6.45, 7) is 6.02. The molecule has 164 valence electrons. The average Bonchev–Trinajstić information content (AvgIpc) is 2.75. The maximum atomic E-state index is 13.7. The molecule has 0 unspecified atom stereocenters. The number of rotatable bonds is 6. The zero-order valence-corrected chi connectivity index (χ0v) is 17.8. The third kappa shape index (κ3) is 5.88. The first kappa shape index (κ1) is 22.4. The largest absolute Gasteiger partial charge is 0.343 e. The number of halogens is 1. The molecule has 2 aromatic carbocycles. The van der Waals surface area contributed by atoms with Crippen molar-refractivity contribution in [1.29, 1.82) is 0 Å². The highest BCUT2D eigenvalue weighted by molar-refractivity contribution is 5.96. The number of para-hydroxylation sites is 1. The lowest BCUT2D eigenvalue weighted by molar-refractivity contribution is -0.132. The van der Waals surface area contributed by atoms with Crippen molar-refractivity contribution in [3.05, 3.63) is 65.0 Å². The summed E-state index contributed by atoms with van der Waals surface area (Å²) in [4.78, 5) is 40.5. The molecular formula is C23H27FN4O3. The first-order valence-electron chi connectivity index (χ1n) is 10.2. The van der Waals surface area contributed by atoms with E-state index in [1.165, 1.54) is 18.2 Å². The summed E-state index contributed by atoms with van der Waals surface area (Å²) in [5.74, 6) is -1.56. The number of carbonyl (C=O) groups is 3. The van der Waals surface area contributed by atoms with Crippen molar-refractivity contribution >= 4 is 23.4 Å². The molecule has 1 aliphatic heterocycles. The molecule has 0 aliphatic carbocycles. The fraction of sp³-hybridized carbons (Fsp3) is 0.348. The van der Waals surface area contributed by atoms with Crippen LogP contribution in [0.2, 0.25) is 0 Å². The summed E-state index contributed by atoms with van der Waals surface area (Å²) in [5, 5.41) is 5.44. The Kier molecular flexibility index (Phi) is 7.36. The molecule has 8 heteroatoms. The molecule has 1 fully saturated rings. The number of benzene rings is 2. The van der Waals surface area contributed by atoms with Gasteiger partial charge in [-0.05, 0) is 37.1 Å². The number of carbonyl (C=O) groups excluding carboxylic acids is 3. The van der Waals surface area contributed by atoms with E-state index >= 15 is 0 Å². The average molecular weight is 426 g/mol. The molecule has 2 aromatic rings. The van der Waals surface area contributed by atoms with Gasteiger partial charge in [0.2, 0.25) is 11.8 Å². The molecule has 1 aliphatic rings. The van der Waals surface area contributed by atoms with E-state index in [1.807, 2.05) is 36.9 Å². The zero-order chi connectivity index (χ0) is 22.4. The van der Waals surface area contributed by atoms with Crippen LogP contribution in [-0.2, 0) is 9.59 Å². The molecule has 0 bridgehead atoms. The normalized spacial score (nSPS) is 14.2. The van der Waals surface area contributed by atoms with Crippen molar-refractivity contribution in [2.45, 2.75) is 13.8 Å². The van der Waals surface area contributed by atoms with Crippen molar-refractivity contribution in [3.8, 4) is 0 Å². The van der Waals surface area contributed by atoms with E-state index in [0.29, 0.717) is 26.2 Å². The third-order valence-electron chi connectivity index (χ3n) is 5.36. The van der Waals surface area contributed by atoms with Gasteiger partial charge in [-0.2, -0.15) is 0 Å². The van der Waals surface area contributed by atoms with Gasteiger partial charge in [-0.3, -0.25) is 19.3 Å². The van der Waals surface area contributed by atoms with Crippen LogP contribution in [0.25, 0.3) is 0 Å². The van der Waals surface area contributed by atoms with Gasteiger partial charge in [0, 0.05) is 31.9 Å². The monoisotopic (exact) mass is 426 g/mol. The van der Waals surface area contributed by atoms with Gasteiger partial charge in [-0.25, -0.2) is 4.39 Å². The Labute approximate surface area is 181 Å². The number of hydrogen-bond donors (Lipinski definition) is 2. The van der Waals surface area contributed by atoms with Crippen molar-refractivity contribution in [2.24, 2.45) is 0 Å². The lowest BCUT2D eigenvalue weighted by Crippen LogP contribution is -2.52. The molecule has 0 radical (unpaired) electrons. The molecule has 0 aromatic heterocycles. The van der Waals surface area contributed by atoms with Gasteiger partial charge in [-0.15, -0.1) is 0 Å². The number of hydrogen-bond acceptors (Lipinski definition) is 4. The van der Waals surface area contributed by atoms with E-state index in [-0.39, 0.29) is 30.5 Å². The van der Waals surface area contributed by atoms with Crippen LogP contribution in [0.3, 0.4) is 0 Å². The summed E-state index contributed by atoms with van der Waals surface area (Å²) in [7, 11) is 0. The molecule has 0 spiro atoms. The Bertz CT molecular complexity index is 951. The quantitative estimate of drug-likeness (QED) is 0.740. The molecule has 3 amide bonds. The highest BCUT2D eigenvalue weighted by atomic mass is 19.1. The predicted octanol–water partition coefficient (Wildman–Crippen LogP) is 1.96. The van der Waals surface area contributed by atoms with Gasteiger partial charge in [0.1, 0.15) is 5.82 Å². The van der Waals surface area contributed by atoms with Crippen molar-refractivity contribution < 1.29 is 18.8 Å². The number of nitrogens with zero attached hydrogens (tertiary/aromatic N) is 2. The summed E-state index contributed by atoms with van der Waals surface area (Å²) in [6.07, 6.45) is 0. The number of piperazine rings is 1. The van der Waals surface area contributed by atoms with E-state index in [1.54, 1.807) is 11.0 Å². The lowest BCUT2D eigenvalue weighted by Gasteiger charge is -2.34. The number of nitrogens with one attached hydrogen (secondary N) is 2. The highest BCUT2D eigenvalue weighted by Gasteiger charge is 2.23. The van der Waals surface area contributed by atoms with E-state index in [2.05, 4.69) is 10.6 Å². The van der Waals surface area contributed by atoms with Crippen LogP contribution < -0.4 is 10.6 Å². The highest BCUT2D eigenvalue weighted by Crippen LogP contribution is 2.19. The standard InChI is InChI=1S/C23H27FN4O3/c1-16-6-5-7-17(2)22(16)26-20(29)15-27-10-12-28(13-11-27)21(30)14-25-23(31)18-8-3-4-9-19(18)24/h3-9H,10-15H2,1-2H3,(H,25,31)(H,26,29). The Morgan fingerprint density at radius 2 is 1.58 bits per heavy atom. The van der Waals surface area contributed by atoms with Crippen molar-refractivity contribution in [1.82, 2.24) is 15.1 Å². The second-order valence-electron chi connectivity index (χ2n) is 7.63. The van der Waals surface area contributed by atoms with Crippen LogP contribution >= 0.6 is 0 Å². The maximum Gasteiger partial charge on any atom is 0.254 e. The summed E-state index contributed by atoms with van der Waals surface area (Å²) >= 11 is 0. The molecule has 0 saturated carbocycles. The second kappa shape index (κ2) is 10.2. The first-order chi connectivity index (χ1) is 14.8. The van der Waals surface area contributed by atoms with Gasteiger partial charge < -0.3 is 15.5 Å². The van der Waals surface area contributed by atoms with Gasteiger partial charge in [0.05, 0.1) is 18.7 Å². The van der Waals surface area contributed by atoms with Gasteiger partial charge >= 0.3 is 0 Å². The second-order valence-corrected chi connectivity index (χ2v) is 7.63. The summed E-state index contributed by atoms with van der Waals surface area (Å²) in [5.41, 5.74) is 2.78. The Balaban J connectivity index is 1.43. The minimum absolute atomic E-state index is 0.0879. The van der Waals surface area contributed by atoms with Crippen molar-refractivity contribution in [3.63, 3.8) is 0 Å². The molecule has 31 heavy (non-hydrogen) atoms. The summed E-state index contributed by atoms with van der Waals surface area (Å²) in [6, 6.07) is 11.5. The van der Waals surface area contributed by atoms with Gasteiger partial charge in [0.25, 0.3) is 5.91 Å². The fourth-order valence-corrected chi connectivity index (χ4v) is 3.56. The molecule has 1 heterocycles. The zero-order valence-electron chi connectivity index (χ0n) is 17.8. The van der Waals surface area contributed by atoms with Gasteiger partial charge in [0.15, 0.2) is 0 Å². The molecule has 3 rings (SSSR count). The summed E-state index contributed by atoms with van der Waals surface area (Å²) < 4.78 is 13.7. The van der Waals surface area contributed by atoms with E-state index < -0.39 is 11.7 Å². The van der Waals surface area contributed by atoms with Crippen LogP contribution in [0, 0.1) is 19.7 Å². The fourth-order valence-electron chi connectivity index (χ4n) is 3.56. The number of anilines is 1. The van der Waals surface area contributed by atoms with Crippen LogP contribution in [0.4, 0.5) is 10.1 Å². The minimum atomic E-state index is -0.625. The third-order valence-corrected chi connectivity index (χ3v) is 5.36. The first-order valence-corrected chi connectivity index (χ1v) is 10.2. The Hall–Kier alpha value is -3.26. The molecule has 2 N–H and O–H groups in total. The minimum Gasteiger partial charge on any atom is -0.343 e. The van der Waals surface area contributed by atoms with Crippen LogP contribution in [0.5, 0.6) is 0 Å². The SMILES string of the molecule is Cc1cccc(C)c1NC(=O)CN1CCN(C(=O)CNC(=O)c2ccccc2F)CC1. The van der Waals surface area contributed by atoms with Crippen molar-refractivity contribution in [2.75, 3.05) is 44.6 Å². The Morgan fingerprint density at radius 1 is 0.935 bits per heavy atom. The lowest BCUT2D eigenvalue weighted by atomic mass is 10.1. The predicted molar refractivity (Wildman–Crippen MR) is 116 cm³/mol. The number of amides is 3. The molecular weight excluding hydrogens is 399 g/mol. The van der Waals surface area contributed by atoms with E-state index in [0.717, 1.165) is 16.8 Å². The van der Waals surface area contributed by atoms with E-state index in [4.69, 9.17) is 0 Å². The molecule has 0 atom stereocenters. The number of aryl methyl sites for hydroxylation is 2. The van der Waals surface area contributed by atoms with Gasteiger partial charge in [-0.1, -0.05) is 30.3 Å². The topological polar surface area (TPSA) is 81.8 Å². The van der Waals surface area contributed by atoms with Crippen LogP contribution in [0.1, 0.15) is 21.5 Å².